The lowest BCUT2D eigenvalue weighted by Crippen LogP contribution is -2.57. The maximum atomic E-state index is 12.5. The molecule has 1 N–H and O–H groups in total. The number of carbonyl (C=O) groups excluding carboxylic acids is 1. The predicted molar refractivity (Wildman–Crippen MR) is 102 cm³/mol. The van der Waals surface area contributed by atoms with Gasteiger partial charge in [0, 0.05) is 38.4 Å². The summed E-state index contributed by atoms with van der Waals surface area (Å²) < 4.78 is 0. The van der Waals surface area contributed by atoms with Crippen molar-refractivity contribution in [3.8, 4) is 0 Å². The third-order valence-corrected chi connectivity index (χ3v) is 5.33. The number of urea groups is 1. The van der Waals surface area contributed by atoms with Crippen LogP contribution in [0.15, 0.2) is 30.0 Å². The van der Waals surface area contributed by atoms with Crippen LogP contribution in [-0.2, 0) is 0 Å². The van der Waals surface area contributed by atoms with Crippen LogP contribution in [0.5, 0.6) is 0 Å². The Balaban J connectivity index is 1.48. The van der Waals surface area contributed by atoms with E-state index >= 15 is 0 Å². The minimum atomic E-state index is 0.0377. The minimum absolute atomic E-state index is 0.0377. The molecule has 1 aromatic heterocycles. The molecule has 1 aromatic rings. The highest BCUT2D eigenvalue weighted by Crippen LogP contribution is 2.25. The topological polar surface area (TPSA) is 48.5 Å². The van der Waals surface area contributed by atoms with E-state index in [0.29, 0.717) is 11.6 Å². The summed E-state index contributed by atoms with van der Waals surface area (Å²) in [6.45, 7) is 4.98. The number of hydrogen-bond acceptors (Lipinski definition) is 3. The van der Waals surface area contributed by atoms with Gasteiger partial charge in [-0.2, -0.15) is 0 Å². The molecule has 1 aliphatic heterocycles. The number of anilines is 1. The van der Waals surface area contributed by atoms with Crippen LogP contribution >= 0.6 is 11.6 Å². The van der Waals surface area contributed by atoms with Gasteiger partial charge in [-0.05, 0) is 51.2 Å². The summed E-state index contributed by atoms with van der Waals surface area (Å²) in [7, 11) is 0. The molecule has 0 bridgehead atoms. The van der Waals surface area contributed by atoms with Gasteiger partial charge in [-0.15, -0.1) is 0 Å². The second-order valence-corrected chi connectivity index (χ2v) is 7.29. The molecular weight excluding hydrogens is 336 g/mol. The van der Waals surface area contributed by atoms with Crippen LogP contribution in [0.4, 0.5) is 10.6 Å². The number of nitrogens with one attached hydrogen (secondary N) is 1. The van der Waals surface area contributed by atoms with Crippen LogP contribution in [0.1, 0.15) is 39.0 Å². The zero-order valence-electron chi connectivity index (χ0n) is 14.9. The molecule has 5 nitrogen and oxygen atoms in total. The SMILES string of the molecule is C[C@@H]1CN(c2ncccc2Cl)CCN1C(=O)NCCC1=CCCCC1. The Morgan fingerprint density at radius 2 is 2.28 bits per heavy atom. The predicted octanol–water partition coefficient (Wildman–Crippen LogP) is 3.85. The van der Waals surface area contributed by atoms with E-state index in [1.807, 2.05) is 17.0 Å². The first-order valence-electron chi connectivity index (χ1n) is 9.23. The van der Waals surface area contributed by atoms with Crippen LogP contribution in [0, 0.1) is 0 Å². The number of amides is 2. The van der Waals surface area contributed by atoms with E-state index in [0.717, 1.165) is 31.9 Å². The third kappa shape index (κ3) is 4.66. The fourth-order valence-electron chi connectivity index (χ4n) is 3.63. The number of halogens is 1. The summed E-state index contributed by atoms with van der Waals surface area (Å²) in [5.41, 5.74) is 1.49. The first kappa shape index (κ1) is 18.1. The zero-order valence-corrected chi connectivity index (χ0v) is 15.6. The summed E-state index contributed by atoms with van der Waals surface area (Å²) in [6.07, 6.45) is 10.0. The highest BCUT2D eigenvalue weighted by atomic mass is 35.5. The molecule has 0 spiro atoms. The average Bonchev–Trinajstić information content (AvgIpc) is 2.63. The molecule has 0 aromatic carbocycles. The molecule has 136 valence electrons. The van der Waals surface area contributed by atoms with Gasteiger partial charge in [-0.3, -0.25) is 0 Å². The van der Waals surface area contributed by atoms with Crippen molar-refractivity contribution in [2.24, 2.45) is 0 Å². The molecule has 1 saturated heterocycles. The summed E-state index contributed by atoms with van der Waals surface area (Å²) in [4.78, 5) is 20.9. The monoisotopic (exact) mass is 362 g/mol. The quantitative estimate of drug-likeness (QED) is 0.828. The molecule has 1 atom stereocenters. The molecule has 0 saturated carbocycles. The Morgan fingerprint density at radius 1 is 1.40 bits per heavy atom. The highest BCUT2D eigenvalue weighted by Gasteiger charge is 2.28. The molecule has 6 heteroatoms. The van der Waals surface area contributed by atoms with E-state index < -0.39 is 0 Å². The molecule has 1 fully saturated rings. The van der Waals surface area contributed by atoms with Gasteiger partial charge in [-0.1, -0.05) is 23.3 Å². The van der Waals surface area contributed by atoms with Crippen LogP contribution in [0.25, 0.3) is 0 Å². The highest BCUT2D eigenvalue weighted by molar-refractivity contribution is 6.32. The van der Waals surface area contributed by atoms with Gasteiger partial charge in [0.15, 0.2) is 0 Å². The van der Waals surface area contributed by atoms with Gasteiger partial charge in [0.25, 0.3) is 0 Å². The third-order valence-electron chi connectivity index (χ3n) is 5.03. The van der Waals surface area contributed by atoms with Crippen LogP contribution < -0.4 is 10.2 Å². The molecule has 2 amide bonds. The Kier molecular flexibility index (Phi) is 6.19. The molecule has 1 aliphatic carbocycles. The lowest BCUT2D eigenvalue weighted by Gasteiger charge is -2.40. The van der Waals surface area contributed by atoms with Crippen molar-refractivity contribution < 1.29 is 4.79 Å². The molecule has 2 aliphatic rings. The Labute approximate surface area is 155 Å². The molecule has 3 rings (SSSR count). The number of carbonyl (C=O) groups is 1. The fourth-order valence-corrected chi connectivity index (χ4v) is 3.87. The van der Waals surface area contributed by atoms with Gasteiger partial charge >= 0.3 is 6.03 Å². The number of allylic oxidation sites excluding steroid dienone is 1. The largest absolute Gasteiger partial charge is 0.352 e. The first-order valence-corrected chi connectivity index (χ1v) is 9.61. The van der Waals surface area contributed by atoms with E-state index in [4.69, 9.17) is 11.6 Å². The van der Waals surface area contributed by atoms with E-state index in [-0.39, 0.29) is 12.1 Å². The summed E-state index contributed by atoms with van der Waals surface area (Å²) in [6, 6.07) is 3.85. The second-order valence-electron chi connectivity index (χ2n) is 6.89. The van der Waals surface area contributed by atoms with Crippen LogP contribution in [-0.4, -0.2) is 48.1 Å². The molecule has 0 unspecified atom stereocenters. The van der Waals surface area contributed by atoms with Crippen molar-refractivity contribution in [3.63, 3.8) is 0 Å². The van der Waals surface area contributed by atoms with E-state index in [1.165, 1.54) is 31.3 Å². The van der Waals surface area contributed by atoms with Crippen molar-refractivity contribution in [1.82, 2.24) is 15.2 Å². The number of piperazine rings is 1. The number of hydrogen-bond donors (Lipinski definition) is 1. The van der Waals surface area contributed by atoms with E-state index in [1.54, 1.807) is 6.20 Å². The summed E-state index contributed by atoms with van der Waals surface area (Å²) in [5, 5.41) is 3.74. The summed E-state index contributed by atoms with van der Waals surface area (Å²) in [5.74, 6) is 0.806. The Hall–Kier alpha value is -1.75. The zero-order chi connectivity index (χ0) is 17.6. The molecule has 0 radical (unpaired) electrons. The fraction of sp³-hybridized carbons (Fsp3) is 0.579. The van der Waals surface area contributed by atoms with Crippen molar-refractivity contribution in [2.75, 3.05) is 31.1 Å². The lowest BCUT2D eigenvalue weighted by atomic mass is 9.97. The number of rotatable bonds is 4. The minimum Gasteiger partial charge on any atom is -0.352 e. The maximum absolute atomic E-state index is 12.5. The smallest absolute Gasteiger partial charge is 0.317 e. The Morgan fingerprint density at radius 3 is 3.00 bits per heavy atom. The van der Waals surface area contributed by atoms with Gasteiger partial charge in [0.05, 0.1) is 5.02 Å². The standard InChI is InChI=1S/C19H27ClN4O/c1-15-14-23(18-17(20)8-5-10-21-18)12-13-24(15)19(25)22-11-9-16-6-3-2-4-7-16/h5-6,8,10,15H,2-4,7,9,11-14H2,1H3,(H,22,25)/t15-/m1/s1. The van der Waals surface area contributed by atoms with Gasteiger partial charge in [0.1, 0.15) is 5.82 Å². The van der Waals surface area contributed by atoms with Crippen LogP contribution in [0.3, 0.4) is 0 Å². The maximum Gasteiger partial charge on any atom is 0.317 e. The average molecular weight is 363 g/mol. The van der Waals surface area contributed by atoms with Gasteiger partial charge < -0.3 is 15.1 Å². The normalized spacial score (nSPS) is 21.0. The number of pyridine rings is 1. The molecule has 2 heterocycles. The number of nitrogens with zero attached hydrogens (tertiary/aromatic N) is 3. The van der Waals surface area contributed by atoms with Crippen molar-refractivity contribution >= 4 is 23.4 Å². The van der Waals surface area contributed by atoms with Gasteiger partial charge in [-0.25, -0.2) is 9.78 Å². The number of aromatic nitrogens is 1. The molecular formula is C19H27ClN4O. The van der Waals surface area contributed by atoms with Crippen molar-refractivity contribution in [1.29, 1.82) is 0 Å². The molecule has 25 heavy (non-hydrogen) atoms. The van der Waals surface area contributed by atoms with Crippen molar-refractivity contribution in [2.45, 2.75) is 45.1 Å². The second kappa shape index (κ2) is 8.56. The van der Waals surface area contributed by atoms with E-state index in [2.05, 4.69) is 28.2 Å². The lowest BCUT2D eigenvalue weighted by molar-refractivity contribution is 0.171. The van der Waals surface area contributed by atoms with E-state index in [9.17, 15) is 4.79 Å². The van der Waals surface area contributed by atoms with Crippen molar-refractivity contribution in [3.05, 3.63) is 35.0 Å². The van der Waals surface area contributed by atoms with Gasteiger partial charge in [0.2, 0.25) is 0 Å². The first-order chi connectivity index (χ1) is 12.1. The van der Waals surface area contributed by atoms with Crippen LogP contribution in [0.2, 0.25) is 5.02 Å². The summed E-state index contributed by atoms with van der Waals surface area (Å²) >= 11 is 6.24. The Bertz CT molecular complexity index is 634.